The highest BCUT2D eigenvalue weighted by molar-refractivity contribution is 7.99. The molecule has 0 unspecified atom stereocenters. The standard InChI is InChI=1S/C21H21N5O2S/c1-28-19-9-7-18(8-10-19)26-21(22-23-24-26)29-15-20(27)25-13-11-17(12-14-25)16-5-3-2-4-6-16/h2-11H,12-15H2,1H3. The molecule has 1 aliphatic heterocycles. The Labute approximate surface area is 173 Å². The summed E-state index contributed by atoms with van der Waals surface area (Å²) in [7, 11) is 1.62. The predicted molar refractivity (Wildman–Crippen MR) is 112 cm³/mol. The number of tetrazole rings is 1. The fourth-order valence-corrected chi connectivity index (χ4v) is 3.98. The summed E-state index contributed by atoms with van der Waals surface area (Å²) in [4.78, 5) is 14.5. The summed E-state index contributed by atoms with van der Waals surface area (Å²) < 4.78 is 6.80. The molecule has 0 fully saturated rings. The van der Waals surface area contributed by atoms with E-state index >= 15 is 0 Å². The van der Waals surface area contributed by atoms with Gasteiger partial charge in [-0.1, -0.05) is 48.2 Å². The van der Waals surface area contributed by atoms with Gasteiger partial charge in [-0.3, -0.25) is 4.79 Å². The second kappa shape index (κ2) is 8.91. The first-order valence-corrected chi connectivity index (χ1v) is 10.3. The van der Waals surface area contributed by atoms with E-state index in [1.54, 1.807) is 11.8 Å². The van der Waals surface area contributed by atoms with E-state index in [9.17, 15) is 4.79 Å². The van der Waals surface area contributed by atoms with E-state index in [4.69, 9.17) is 4.74 Å². The van der Waals surface area contributed by atoms with Crippen molar-refractivity contribution in [1.82, 2.24) is 25.1 Å². The maximum absolute atomic E-state index is 12.6. The van der Waals surface area contributed by atoms with Gasteiger partial charge in [-0.25, -0.2) is 0 Å². The first-order chi connectivity index (χ1) is 14.2. The molecule has 8 heteroatoms. The molecule has 0 N–H and O–H groups in total. The number of rotatable bonds is 6. The highest BCUT2D eigenvalue weighted by Crippen LogP contribution is 2.24. The van der Waals surface area contributed by atoms with Gasteiger partial charge in [-0.2, -0.15) is 4.68 Å². The molecule has 3 aromatic rings. The van der Waals surface area contributed by atoms with E-state index in [1.807, 2.05) is 47.4 Å². The van der Waals surface area contributed by atoms with Gasteiger partial charge in [0.1, 0.15) is 5.75 Å². The van der Waals surface area contributed by atoms with Crippen LogP contribution in [0.4, 0.5) is 0 Å². The van der Waals surface area contributed by atoms with Crippen LogP contribution in [0.15, 0.2) is 65.8 Å². The van der Waals surface area contributed by atoms with Gasteiger partial charge in [0.25, 0.3) is 0 Å². The number of carbonyl (C=O) groups is 1. The van der Waals surface area contributed by atoms with Crippen LogP contribution >= 0.6 is 11.8 Å². The molecule has 0 bridgehead atoms. The van der Waals surface area contributed by atoms with Crippen molar-refractivity contribution >= 4 is 23.2 Å². The number of thioether (sulfide) groups is 1. The van der Waals surface area contributed by atoms with E-state index in [2.05, 4.69) is 33.7 Å². The Hall–Kier alpha value is -3.13. The Morgan fingerprint density at radius 1 is 1.14 bits per heavy atom. The zero-order chi connectivity index (χ0) is 20.1. The van der Waals surface area contributed by atoms with E-state index in [1.165, 1.54) is 22.9 Å². The Balaban J connectivity index is 1.36. The number of aromatic nitrogens is 4. The van der Waals surface area contributed by atoms with Crippen LogP contribution in [-0.2, 0) is 4.79 Å². The van der Waals surface area contributed by atoms with Crippen molar-refractivity contribution in [2.45, 2.75) is 11.6 Å². The fourth-order valence-electron chi connectivity index (χ4n) is 3.18. The lowest BCUT2D eigenvalue weighted by Crippen LogP contribution is -2.35. The maximum Gasteiger partial charge on any atom is 0.233 e. The minimum absolute atomic E-state index is 0.0858. The molecule has 2 heterocycles. The SMILES string of the molecule is COc1ccc(-n2nnnc2SCC(=O)N2CC=C(c3ccccc3)CC2)cc1. The lowest BCUT2D eigenvalue weighted by atomic mass is 10.00. The summed E-state index contributed by atoms with van der Waals surface area (Å²) in [5, 5.41) is 12.4. The van der Waals surface area contributed by atoms with Crippen molar-refractivity contribution in [3.63, 3.8) is 0 Å². The van der Waals surface area contributed by atoms with Crippen LogP contribution in [0.1, 0.15) is 12.0 Å². The molecule has 0 aliphatic carbocycles. The second-order valence-corrected chi connectivity index (χ2v) is 7.49. The number of amides is 1. The number of nitrogens with zero attached hydrogens (tertiary/aromatic N) is 5. The van der Waals surface area contributed by atoms with Crippen molar-refractivity contribution in [3.8, 4) is 11.4 Å². The zero-order valence-corrected chi connectivity index (χ0v) is 16.9. The summed E-state index contributed by atoms with van der Waals surface area (Å²) in [6.45, 7) is 1.36. The normalized spacial score (nSPS) is 13.8. The topological polar surface area (TPSA) is 73.1 Å². The lowest BCUT2D eigenvalue weighted by molar-refractivity contribution is -0.127. The summed E-state index contributed by atoms with van der Waals surface area (Å²) in [5.74, 6) is 1.15. The molecule has 29 heavy (non-hydrogen) atoms. The van der Waals surface area contributed by atoms with Gasteiger partial charge in [0.2, 0.25) is 11.1 Å². The van der Waals surface area contributed by atoms with Crippen molar-refractivity contribution < 1.29 is 9.53 Å². The van der Waals surface area contributed by atoms with E-state index in [0.717, 1.165) is 24.4 Å². The van der Waals surface area contributed by atoms with Crippen LogP contribution in [0.3, 0.4) is 0 Å². The molecule has 1 aliphatic rings. The lowest BCUT2D eigenvalue weighted by Gasteiger charge is -2.26. The number of ether oxygens (including phenoxy) is 1. The molecule has 4 rings (SSSR count). The molecule has 0 atom stereocenters. The average molecular weight is 407 g/mol. The van der Waals surface area contributed by atoms with Crippen molar-refractivity contribution in [2.24, 2.45) is 0 Å². The highest BCUT2D eigenvalue weighted by atomic mass is 32.2. The Morgan fingerprint density at radius 3 is 2.62 bits per heavy atom. The molecule has 148 valence electrons. The van der Waals surface area contributed by atoms with Gasteiger partial charge < -0.3 is 9.64 Å². The third-order valence-corrected chi connectivity index (χ3v) is 5.69. The van der Waals surface area contributed by atoms with Gasteiger partial charge >= 0.3 is 0 Å². The summed E-state index contributed by atoms with van der Waals surface area (Å²) in [6.07, 6.45) is 3.01. The van der Waals surface area contributed by atoms with Gasteiger partial charge in [0, 0.05) is 13.1 Å². The molecule has 1 aromatic heterocycles. The van der Waals surface area contributed by atoms with Crippen LogP contribution in [0.25, 0.3) is 11.3 Å². The third kappa shape index (κ3) is 4.48. The first kappa shape index (κ1) is 19.2. The van der Waals surface area contributed by atoms with Crippen LogP contribution in [-0.4, -0.2) is 57.0 Å². The molecular weight excluding hydrogens is 386 g/mol. The Morgan fingerprint density at radius 2 is 1.93 bits per heavy atom. The highest BCUT2D eigenvalue weighted by Gasteiger charge is 2.19. The van der Waals surface area contributed by atoms with Crippen molar-refractivity contribution in [2.75, 3.05) is 26.0 Å². The first-order valence-electron chi connectivity index (χ1n) is 9.32. The Kier molecular flexibility index (Phi) is 5.90. The minimum Gasteiger partial charge on any atom is -0.497 e. The summed E-state index contributed by atoms with van der Waals surface area (Å²) in [6, 6.07) is 17.8. The van der Waals surface area contributed by atoms with Crippen LogP contribution in [0.5, 0.6) is 5.75 Å². The summed E-state index contributed by atoms with van der Waals surface area (Å²) in [5.41, 5.74) is 3.34. The molecule has 0 radical (unpaired) electrons. The molecule has 7 nitrogen and oxygen atoms in total. The van der Waals surface area contributed by atoms with Crippen LogP contribution in [0.2, 0.25) is 0 Å². The van der Waals surface area contributed by atoms with Gasteiger partial charge in [-0.15, -0.1) is 5.10 Å². The largest absolute Gasteiger partial charge is 0.497 e. The van der Waals surface area contributed by atoms with E-state index < -0.39 is 0 Å². The molecule has 1 amide bonds. The van der Waals surface area contributed by atoms with Gasteiger partial charge in [0.05, 0.1) is 18.6 Å². The minimum atomic E-state index is 0.0858. The Bertz CT molecular complexity index is 1000. The fraction of sp³-hybridized carbons (Fsp3) is 0.238. The second-order valence-electron chi connectivity index (χ2n) is 6.55. The van der Waals surface area contributed by atoms with E-state index in [-0.39, 0.29) is 5.91 Å². The van der Waals surface area contributed by atoms with Crippen molar-refractivity contribution in [1.29, 1.82) is 0 Å². The van der Waals surface area contributed by atoms with Crippen LogP contribution < -0.4 is 4.74 Å². The van der Waals surface area contributed by atoms with E-state index in [0.29, 0.717) is 17.5 Å². The molecule has 0 spiro atoms. The van der Waals surface area contributed by atoms with Crippen LogP contribution in [0, 0.1) is 0 Å². The smallest absolute Gasteiger partial charge is 0.233 e. The number of carbonyl (C=O) groups excluding carboxylic acids is 1. The molecule has 2 aromatic carbocycles. The number of benzene rings is 2. The number of methoxy groups -OCH3 is 1. The number of hydrogen-bond acceptors (Lipinski definition) is 6. The zero-order valence-electron chi connectivity index (χ0n) is 16.1. The number of hydrogen-bond donors (Lipinski definition) is 0. The van der Waals surface area contributed by atoms with Crippen molar-refractivity contribution in [3.05, 3.63) is 66.2 Å². The third-order valence-electron chi connectivity index (χ3n) is 4.79. The average Bonchev–Trinajstić information content (AvgIpc) is 3.27. The summed E-state index contributed by atoms with van der Waals surface area (Å²) >= 11 is 1.34. The molecule has 0 saturated heterocycles. The van der Waals surface area contributed by atoms with Gasteiger partial charge in [-0.05, 0) is 52.2 Å². The maximum atomic E-state index is 12.6. The monoisotopic (exact) mass is 407 g/mol. The quantitative estimate of drug-likeness (QED) is 0.585. The molecular formula is C21H21N5O2S. The predicted octanol–water partition coefficient (Wildman–Crippen LogP) is 3.08. The molecule has 0 saturated carbocycles. The van der Waals surface area contributed by atoms with Gasteiger partial charge in [0.15, 0.2) is 0 Å².